The minimum absolute atomic E-state index is 0.0757. The molecule has 0 bridgehead atoms. The van der Waals surface area contributed by atoms with Crippen molar-refractivity contribution in [3.8, 4) is 0 Å². The van der Waals surface area contributed by atoms with Gasteiger partial charge >= 0.3 is 6.09 Å². The molecule has 0 aliphatic carbocycles. The summed E-state index contributed by atoms with van der Waals surface area (Å²) in [5, 5.41) is 5.56. The lowest BCUT2D eigenvalue weighted by atomic mass is 10.00. The van der Waals surface area contributed by atoms with Gasteiger partial charge in [-0.1, -0.05) is 31.2 Å². The van der Waals surface area contributed by atoms with Gasteiger partial charge in [-0.2, -0.15) is 0 Å². The van der Waals surface area contributed by atoms with E-state index in [2.05, 4.69) is 10.6 Å². The van der Waals surface area contributed by atoms with Gasteiger partial charge in [-0.05, 0) is 48.7 Å². The van der Waals surface area contributed by atoms with Crippen molar-refractivity contribution >= 4 is 23.6 Å². The van der Waals surface area contributed by atoms with E-state index in [4.69, 9.17) is 4.74 Å². The molecule has 164 valence electrons. The topological polar surface area (TPSA) is 87.7 Å². The van der Waals surface area contributed by atoms with Crippen LogP contribution in [0, 0.1) is 5.82 Å². The molecule has 1 fully saturated rings. The summed E-state index contributed by atoms with van der Waals surface area (Å²) >= 11 is 0. The summed E-state index contributed by atoms with van der Waals surface area (Å²) in [6.45, 7) is 4.24. The zero-order valence-electron chi connectivity index (χ0n) is 17.6. The second-order valence-electron chi connectivity index (χ2n) is 7.32. The minimum Gasteiger partial charge on any atom is -0.438 e. The number of nitrogens with zero attached hydrogens (tertiary/aromatic N) is 1. The van der Waals surface area contributed by atoms with Crippen LogP contribution in [-0.4, -0.2) is 35.4 Å². The van der Waals surface area contributed by atoms with E-state index in [1.54, 1.807) is 43.3 Å². The van der Waals surface area contributed by atoms with E-state index in [1.165, 1.54) is 17.0 Å². The van der Waals surface area contributed by atoms with E-state index in [1.807, 2.05) is 6.92 Å². The molecule has 31 heavy (non-hydrogen) atoms. The Hall–Kier alpha value is -3.42. The van der Waals surface area contributed by atoms with Gasteiger partial charge in [-0.25, -0.2) is 9.18 Å². The molecule has 3 amide bonds. The van der Waals surface area contributed by atoms with Crippen molar-refractivity contribution in [3.63, 3.8) is 0 Å². The fourth-order valence-electron chi connectivity index (χ4n) is 3.48. The number of carbonyl (C=O) groups excluding carboxylic acids is 3. The molecule has 2 aromatic rings. The Morgan fingerprint density at radius 1 is 1.06 bits per heavy atom. The molecule has 2 N–H and O–H groups in total. The van der Waals surface area contributed by atoms with Crippen LogP contribution >= 0.6 is 0 Å². The van der Waals surface area contributed by atoms with Crippen LogP contribution in [0.15, 0.2) is 48.5 Å². The predicted octanol–water partition coefficient (Wildman–Crippen LogP) is 3.76. The van der Waals surface area contributed by atoms with Crippen LogP contribution < -0.4 is 10.6 Å². The summed E-state index contributed by atoms with van der Waals surface area (Å²) < 4.78 is 18.8. The highest BCUT2D eigenvalue weighted by atomic mass is 19.1. The second-order valence-corrected chi connectivity index (χ2v) is 7.32. The predicted molar refractivity (Wildman–Crippen MR) is 114 cm³/mol. The molecule has 1 heterocycles. The van der Waals surface area contributed by atoms with Crippen molar-refractivity contribution in [2.75, 3.05) is 11.9 Å². The first kappa shape index (κ1) is 22.3. The third kappa shape index (κ3) is 5.39. The van der Waals surface area contributed by atoms with E-state index in [0.717, 1.165) is 6.42 Å². The number of halogens is 1. The molecule has 0 radical (unpaired) electrons. The van der Waals surface area contributed by atoms with Crippen LogP contribution in [0.1, 0.15) is 43.9 Å². The number of anilines is 1. The lowest BCUT2D eigenvalue weighted by Gasteiger charge is -2.24. The Kier molecular flexibility index (Phi) is 7.23. The molecule has 1 saturated heterocycles. The highest BCUT2D eigenvalue weighted by Crippen LogP contribution is 2.34. The number of amides is 3. The molecular formula is C23H26FN3O4. The second kappa shape index (κ2) is 10.1. The van der Waals surface area contributed by atoms with Gasteiger partial charge in [0.05, 0.1) is 6.54 Å². The Morgan fingerprint density at radius 3 is 2.35 bits per heavy atom. The molecule has 1 aliphatic heterocycles. The fourth-order valence-corrected chi connectivity index (χ4v) is 3.48. The largest absolute Gasteiger partial charge is 0.438 e. The Bertz CT molecular complexity index is 931. The van der Waals surface area contributed by atoms with Crippen molar-refractivity contribution in [2.45, 2.75) is 45.4 Å². The maximum absolute atomic E-state index is 13.2. The number of rotatable bonds is 8. The summed E-state index contributed by atoms with van der Waals surface area (Å²) in [6.07, 6.45) is -0.245. The van der Waals surface area contributed by atoms with Crippen molar-refractivity contribution < 1.29 is 23.5 Å². The molecular weight excluding hydrogens is 401 g/mol. The van der Waals surface area contributed by atoms with E-state index in [9.17, 15) is 18.8 Å². The SMILES string of the molecule is CCCC(=O)Nc1ccc(C2OC(=O)N(Cc3ccc(F)cc3)C2C(=O)NCC)cc1. The van der Waals surface area contributed by atoms with Gasteiger partial charge < -0.3 is 15.4 Å². The molecule has 3 rings (SSSR count). The van der Waals surface area contributed by atoms with Gasteiger partial charge in [0, 0.05) is 18.7 Å². The monoisotopic (exact) mass is 427 g/mol. The van der Waals surface area contributed by atoms with E-state index < -0.39 is 18.2 Å². The van der Waals surface area contributed by atoms with Gasteiger partial charge in [-0.15, -0.1) is 0 Å². The third-order valence-corrected chi connectivity index (χ3v) is 4.97. The van der Waals surface area contributed by atoms with E-state index in [0.29, 0.717) is 29.8 Å². The number of cyclic esters (lactones) is 1. The average molecular weight is 427 g/mol. The molecule has 2 unspecified atom stereocenters. The maximum Gasteiger partial charge on any atom is 0.411 e. The Morgan fingerprint density at radius 2 is 1.74 bits per heavy atom. The molecule has 0 spiro atoms. The average Bonchev–Trinajstić information content (AvgIpc) is 3.07. The van der Waals surface area contributed by atoms with Crippen molar-refractivity contribution in [1.29, 1.82) is 0 Å². The normalized spacial score (nSPS) is 17.9. The zero-order valence-corrected chi connectivity index (χ0v) is 17.6. The summed E-state index contributed by atoms with van der Waals surface area (Å²) in [4.78, 5) is 38.6. The number of nitrogens with one attached hydrogen (secondary N) is 2. The summed E-state index contributed by atoms with van der Waals surface area (Å²) in [6, 6.07) is 11.8. The van der Waals surface area contributed by atoms with Gasteiger partial charge in [0.15, 0.2) is 12.1 Å². The van der Waals surface area contributed by atoms with Crippen LogP contribution in [0.3, 0.4) is 0 Å². The Labute approximate surface area is 180 Å². The van der Waals surface area contributed by atoms with E-state index in [-0.39, 0.29) is 24.2 Å². The number of likely N-dealkylation sites (N-methyl/N-ethyl adjacent to an activating group) is 1. The standard InChI is InChI=1S/C23H26FN3O4/c1-3-5-19(28)26-18-12-8-16(9-13-18)21-20(22(29)25-4-2)27(23(30)31-21)14-15-6-10-17(24)11-7-15/h6-13,20-21H,3-5,14H2,1-2H3,(H,25,29)(H,26,28). The van der Waals surface area contributed by atoms with Gasteiger partial charge in [0.1, 0.15) is 5.82 Å². The van der Waals surface area contributed by atoms with Gasteiger partial charge in [0.25, 0.3) is 0 Å². The highest BCUT2D eigenvalue weighted by molar-refractivity contribution is 5.91. The Balaban J connectivity index is 1.82. The number of ether oxygens (including phenoxy) is 1. The molecule has 0 saturated carbocycles. The highest BCUT2D eigenvalue weighted by Gasteiger charge is 2.46. The van der Waals surface area contributed by atoms with Crippen molar-refractivity contribution in [1.82, 2.24) is 10.2 Å². The lowest BCUT2D eigenvalue weighted by Crippen LogP contribution is -2.46. The maximum atomic E-state index is 13.2. The van der Waals surface area contributed by atoms with E-state index >= 15 is 0 Å². The molecule has 0 aromatic heterocycles. The summed E-state index contributed by atoms with van der Waals surface area (Å²) in [7, 11) is 0. The smallest absolute Gasteiger partial charge is 0.411 e. The van der Waals surface area contributed by atoms with Crippen molar-refractivity contribution in [2.24, 2.45) is 0 Å². The van der Waals surface area contributed by atoms with Crippen LogP contribution in [-0.2, 0) is 20.9 Å². The zero-order chi connectivity index (χ0) is 22.4. The van der Waals surface area contributed by atoms with Gasteiger partial charge in [0.2, 0.25) is 11.8 Å². The molecule has 2 aromatic carbocycles. The number of benzene rings is 2. The van der Waals surface area contributed by atoms with Crippen LogP contribution in [0.4, 0.5) is 14.9 Å². The third-order valence-electron chi connectivity index (χ3n) is 4.97. The first-order valence-electron chi connectivity index (χ1n) is 10.3. The summed E-state index contributed by atoms with van der Waals surface area (Å²) in [5.41, 5.74) is 1.95. The molecule has 7 nitrogen and oxygen atoms in total. The quantitative estimate of drug-likeness (QED) is 0.672. The van der Waals surface area contributed by atoms with Crippen LogP contribution in [0.2, 0.25) is 0 Å². The van der Waals surface area contributed by atoms with Crippen LogP contribution in [0.25, 0.3) is 0 Å². The molecule has 2 atom stereocenters. The van der Waals surface area contributed by atoms with Crippen molar-refractivity contribution in [3.05, 3.63) is 65.5 Å². The van der Waals surface area contributed by atoms with Crippen LogP contribution in [0.5, 0.6) is 0 Å². The first-order chi connectivity index (χ1) is 14.9. The minimum atomic E-state index is -0.877. The molecule has 8 heteroatoms. The fraction of sp³-hybridized carbons (Fsp3) is 0.348. The van der Waals surface area contributed by atoms with Gasteiger partial charge in [-0.3, -0.25) is 14.5 Å². The number of carbonyl (C=O) groups is 3. The number of hydrogen-bond donors (Lipinski definition) is 2. The number of hydrogen-bond acceptors (Lipinski definition) is 4. The lowest BCUT2D eigenvalue weighted by molar-refractivity contribution is -0.126. The molecule has 1 aliphatic rings. The first-order valence-corrected chi connectivity index (χ1v) is 10.3. The summed E-state index contributed by atoms with van der Waals surface area (Å²) in [5.74, 6) is -0.786.